The van der Waals surface area contributed by atoms with E-state index in [-0.39, 0.29) is 36.1 Å². The summed E-state index contributed by atoms with van der Waals surface area (Å²) in [6.07, 6.45) is 4.67. The Balaban J connectivity index is 1.12. The molecule has 0 spiro atoms. The molecule has 5 N–H and O–H groups in total. The number of nitrogens with one attached hydrogen (secondary N) is 4. The minimum atomic E-state index is -1.04. The van der Waals surface area contributed by atoms with Gasteiger partial charge in [0, 0.05) is 34.0 Å². The fourth-order valence-corrected chi connectivity index (χ4v) is 7.76. The molecule has 0 radical (unpaired) electrons. The van der Waals surface area contributed by atoms with E-state index in [2.05, 4.69) is 25.6 Å². The number of imidazole rings is 2. The lowest BCUT2D eigenvalue weighted by molar-refractivity contribution is -0.135. The van der Waals surface area contributed by atoms with Crippen LogP contribution in [0.1, 0.15) is 79.2 Å². The second kappa shape index (κ2) is 12.5. The van der Waals surface area contributed by atoms with Crippen LogP contribution in [0.5, 0.6) is 5.75 Å². The van der Waals surface area contributed by atoms with E-state index in [4.69, 9.17) is 14.5 Å². The van der Waals surface area contributed by atoms with Crippen LogP contribution >= 0.6 is 0 Å². The van der Waals surface area contributed by atoms with E-state index in [1.165, 1.54) is 7.11 Å². The van der Waals surface area contributed by atoms with Gasteiger partial charge in [-0.05, 0) is 74.0 Å². The first-order valence-electron chi connectivity index (χ1n) is 17.1. The molecule has 13 nitrogen and oxygen atoms in total. The minimum absolute atomic E-state index is 0.149. The average Bonchev–Trinajstić information content (AvgIpc) is 3.95. The predicted octanol–water partition coefficient (Wildman–Crippen LogP) is 5.83. The van der Waals surface area contributed by atoms with Gasteiger partial charge in [-0.25, -0.2) is 19.6 Å². The molecule has 3 aliphatic rings. The molecular formula is C37H39N7O6. The number of likely N-dealkylation sites (tertiary alicyclic amines) is 1. The molecule has 5 aromatic rings. The molecule has 258 valence electrons. The Hall–Kier alpha value is -5.43. The summed E-state index contributed by atoms with van der Waals surface area (Å²) in [5.41, 5.74) is 5.39. The van der Waals surface area contributed by atoms with Gasteiger partial charge in [0.25, 0.3) is 0 Å². The first-order chi connectivity index (χ1) is 24.2. The van der Waals surface area contributed by atoms with Gasteiger partial charge in [-0.2, -0.15) is 0 Å². The molecule has 3 atom stereocenters. The second-order valence-corrected chi connectivity index (χ2v) is 13.7. The van der Waals surface area contributed by atoms with E-state index in [9.17, 15) is 19.5 Å². The van der Waals surface area contributed by atoms with Crippen LogP contribution in [0.3, 0.4) is 0 Å². The summed E-state index contributed by atoms with van der Waals surface area (Å²) in [4.78, 5) is 56.6. The number of amides is 2. The van der Waals surface area contributed by atoms with Crippen molar-refractivity contribution in [2.45, 2.75) is 64.3 Å². The van der Waals surface area contributed by atoms with E-state index >= 15 is 0 Å². The number of alkyl carbamates (subject to hydrolysis) is 1. The Morgan fingerprint density at radius 2 is 1.90 bits per heavy atom. The van der Waals surface area contributed by atoms with E-state index in [1.54, 1.807) is 17.2 Å². The first kappa shape index (κ1) is 31.8. The summed E-state index contributed by atoms with van der Waals surface area (Å²) in [7, 11) is 1.27. The van der Waals surface area contributed by atoms with Crippen molar-refractivity contribution in [2.75, 3.05) is 20.2 Å². The van der Waals surface area contributed by atoms with Gasteiger partial charge in [0.05, 0.1) is 47.7 Å². The smallest absolute Gasteiger partial charge is 0.407 e. The molecule has 2 amide bonds. The van der Waals surface area contributed by atoms with Crippen LogP contribution in [0.25, 0.3) is 44.2 Å². The largest absolute Gasteiger partial charge is 0.488 e. The molecule has 0 unspecified atom stereocenters. The van der Waals surface area contributed by atoms with Crippen molar-refractivity contribution < 1.29 is 29.0 Å². The number of fused-ring (bicyclic) bond motifs is 7. The lowest BCUT2D eigenvalue weighted by atomic mass is 9.88. The lowest BCUT2D eigenvalue weighted by Crippen LogP contribution is -2.51. The number of carbonyl (C=O) groups excluding carboxylic acids is 2. The Labute approximate surface area is 287 Å². The van der Waals surface area contributed by atoms with E-state index in [1.807, 2.05) is 44.2 Å². The van der Waals surface area contributed by atoms with Gasteiger partial charge in [0.1, 0.15) is 30.0 Å². The topological polar surface area (TPSA) is 175 Å². The predicted molar refractivity (Wildman–Crippen MR) is 186 cm³/mol. The van der Waals surface area contributed by atoms with Gasteiger partial charge < -0.3 is 40.1 Å². The summed E-state index contributed by atoms with van der Waals surface area (Å²) in [5, 5.41) is 18.5. The molecule has 50 heavy (non-hydrogen) atoms. The third kappa shape index (κ3) is 5.32. The van der Waals surface area contributed by atoms with Crippen LogP contribution in [0.4, 0.5) is 4.79 Å². The first-order valence-corrected chi connectivity index (χ1v) is 17.1. The summed E-state index contributed by atoms with van der Waals surface area (Å²) < 4.78 is 11.1. The van der Waals surface area contributed by atoms with Crippen LogP contribution in [-0.4, -0.2) is 74.2 Å². The molecule has 8 rings (SSSR count). The molecule has 0 bridgehead atoms. The monoisotopic (exact) mass is 677 g/mol. The Kier molecular flexibility index (Phi) is 7.94. The Morgan fingerprint density at radius 1 is 1.06 bits per heavy atom. The van der Waals surface area contributed by atoms with Gasteiger partial charge in [0.15, 0.2) is 0 Å². The van der Waals surface area contributed by atoms with Crippen LogP contribution in [0.2, 0.25) is 0 Å². The highest BCUT2D eigenvalue weighted by molar-refractivity contribution is 6.10. The second-order valence-electron chi connectivity index (χ2n) is 13.7. The van der Waals surface area contributed by atoms with Crippen molar-refractivity contribution in [3.05, 3.63) is 65.4 Å². The average molecular weight is 678 g/mol. The number of carboxylic acid groups (broad SMARTS) is 1. The number of rotatable bonds is 7. The highest BCUT2D eigenvalue weighted by atomic mass is 16.5. The third-order valence-corrected chi connectivity index (χ3v) is 10.2. The number of ether oxygens (including phenoxy) is 2. The summed E-state index contributed by atoms with van der Waals surface area (Å²) in [6.45, 7) is 5.45. The number of carboxylic acids is 1. The molecule has 2 saturated heterocycles. The van der Waals surface area contributed by atoms with Gasteiger partial charge in [-0.15, -0.1) is 0 Å². The number of aromatic carboxylic acids is 1. The number of hydrogen-bond acceptors (Lipinski definition) is 8. The number of aromatic amines is 2. The molecular weight excluding hydrogens is 638 g/mol. The maximum Gasteiger partial charge on any atom is 0.407 e. The standard InChI is InChI=1S/C37H39N7O6/c1-18(2)30(43-37(48)49-3)35(45)44-13-5-7-28(44)34-39-16-27(41-34)19-14-20-17-50-32-22-10-11-25-31(42-33(40-25)26-6-4-12-38-26)21(22)8-9-23(32)29(20)24(15-19)36(46)47/h8-11,14-16,18,26,28,30,38H,4-7,12-13,17H2,1-3H3,(H,39,41)(H,40,42)(H,43,48)(H,46,47)/t26-,28+,30-/m0/s1. The fraction of sp³-hybridized carbons (Fsp3) is 0.378. The van der Waals surface area contributed by atoms with Crippen molar-refractivity contribution in [1.82, 2.24) is 35.5 Å². The zero-order chi connectivity index (χ0) is 34.7. The van der Waals surface area contributed by atoms with Crippen LogP contribution in [-0.2, 0) is 16.1 Å². The molecule has 3 aromatic carbocycles. The fourth-order valence-electron chi connectivity index (χ4n) is 7.76. The van der Waals surface area contributed by atoms with Gasteiger partial charge in [-0.3, -0.25) is 4.79 Å². The number of aromatic nitrogens is 4. The SMILES string of the molecule is COC(=O)N[C@H](C(=O)N1CCC[C@@H]1c1ncc(-c2cc3c(c(C(=O)O)c2)-c2ccc4c(ccc5[nH]c([C@@H]6CCCN6)nc54)c2OC3)[nH]1)C(C)C. The van der Waals surface area contributed by atoms with E-state index in [0.29, 0.717) is 41.4 Å². The van der Waals surface area contributed by atoms with Crippen molar-refractivity contribution in [3.8, 4) is 28.1 Å². The normalized spacial score (nSPS) is 19.0. The maximum atomic E-state index is 13.6. The molecule has 0 aliphatic carbocycles. The van der Waals surface area contributed by atoms with Crippen molar-refractivity contribution in [2.24, 2.45) is 5.92 Å². The van der Waals surface area contributed by atoms with E-state index < -0.39 is 18.1 Å². The quantitative estimate of drug-likeness (QED) is 0.142. The Bertz CT molecular complexity index is 2160. The van der Waals surface area contributed by atoms with Crippen LogP contribution in [0, 0.1) is 5.92 Å². The lowest BCUT2D eigenvalue weighted by Gasteiger charge is -2.30. The van der Waals surface area contributed by atoms with Crippen LogP contribution < -0.4 is 15.4 Å². The van der Waals surface area contributed by atoms with Crippen LogP contribution in [0.15, 0.2) is 42.6 Å². The molecule has 2 aromatic heterocycles. The van der Waals surface area contributed by atoms with Crippen molar-refractivity contribution in [1.29, 1.82) is 0 Å². The molecule has 13 heteroatoms. The van der Waals surface area contributed by atoms with Gasteiger partial charge in [-0.1, -0.05) is 19.9 Å². The number of benzene rings is 3. The minimum Gasteiger partial charge on any atom is -0.488 e. The van der Waals surface area contributed by atoms with Crippen molar-refractivity contribution in [3.63, 3.8) is 0 Å². The highest BCUT2D eigenvalue weighted by Gasteiger charge is 2.38. The number of carbonyl (C=O) groups is 3. The highest BCUT2D eigenvalue weighted by Crippen LogP contribution is 2.46. The third-order valence-electron chi connectivity index (χ3n) is 10.2. The van der Waals surface area contributed by atoms with Gasteiger partial charge >= 0.3 is 12.1 Å². The zero-order valence-electron chi connectivity index (χ0n) is 28.1. The van der Waals surface area contributed by atoms with Gasteiger partial charge in [0.2, 0.25) is 5.91 Å². The molecule has 0 saturated carbocycles. The molecule has 5 heterocycles. The summed E-state index contributed by atoms with van der Waals surface area (Å²) in [5.74, 6) is 0.786. The molecule has 2 fully saturated rings. The summed E-state index contributed by atoms with van der Waals surface area (Å²) >= 11 is 0. The van der Waals surface area contributed by atoms with Crippen molar-refractivity contribution >= 4 is 39.8 Å². The Morgan fingerprint density at radius 3 is 2.66 bits per heavy atom. The number of H-pyrrole nitrogens is 2. The molecule has 3 aliphatic heterocycles. The summed E-state index contributed by atoms with van der Waals surface area (Å²) in [6, 6.07) is 10.7. The number of methoxy groups -OCH3 is 1. The maximum absolute atomic E-state index is 13.6. The zero-order valence-corrected chi connectivity index (χ0v) is 28.1. The number of nitrogens with zero attached hydrogens (tertiary/aromatic N) is 3. The van der Waals surface area contributed by atoms with E-state index in [0.717, 1.165) is 64.6 Å². The number of hydrogen-bond donors (Lipinski definition) is 5.